The van der Waals surface area contributed by atoms with E-state index in [1.54, 1.807) is 20.8 Å². The number of hydrogen-bond donors (Lipinski definition) is 2. The lowest BCUT2D eigenvalue weighted by atomic mass is 10.2. The van der Waals surface area contributed by atoms with Gasteiger partial charge in [0.1, 0.15) is 11.4 Å². The molecule has 0 bridgehead atoms. The Kier molecular flexibility index (Phi) is 5.53. The molecule has 32 heavy (non-hydrogen) atoms. The summed E-state index contributed by atoms with van der Waals surface area (Å²) in [6.45, 7) is 5.68. The van der Waals surface area contributed by atoms with Gasteiger partial charge in [-0.05, 0) is 78.1 Å². The highest BCUT2D eigenvalue weighted by Crippen LogP contribution is 2.36. The molecule has 0 atom stereocenters. The molecule has 2 aromatic heterocycles. The van der Waals surface area contributed by atoms with E-state index in [1.807, 2.05) is 0 Å². The minimum atomic E-state index is -0.794. The van der Waals surface area contributed by atoms with Gasteiger partial charge in [-0.1, -0.05) is 5.16 Å². The Bertz CT molecular complexity index is 1210. The third-order valence-corrected chi connectivity index (χ3v) is 5.29. The second-order valence-electron chi connectivity index (χ2n) is 8.43. The fourth-order valence-corrected chi connectivity index (χ4v) is 3.34. The molecule has 0 spiro atoms. The summed E-state index contributed by atoms with van der Waals surface area (Å²) in [5.74, 6) is -1.07. The molecule has 0 saturated heterocycles. The number of nitrogens with one attached hydrogen (secondary N) is 2. The molecule has 1 aromatic carbocycles. The van der Waals surface area contributed by atoms with Crippen LogP contribution in [0.4, 0.5) is 15.0 Å². The van der Waals surface area contributed by atoms with Crippen molar-refractivity contribution in [1.29, 1.82) is 0 Å². The van der Waals surface area contributed by atoms with E-state index in [0.29, 0.717) is 12.2 Å². The molecule has 0 aliphatic heterocycles. The van der Waals surface area contributed by atoms with Crippen LogP contribution in [0.2, 0.25) is 0 Å². The van der Waals surface area contributed by atoms with Crippen LogP contribution < -0.4 is 16.4 Å². The van der Waals surface area contributed by atoms with Crippen LogP contribution in [-0.2, 0) is 4.74 Å². The maximum atomic E-state index is 13.6. The minimum Gasteiger partial charge on any atom is -0.444 e. The highest BCUT2D eigenvalue weighted by atomic mass is 79.9. The van der Waals surface area contributed by atoms with Gasteiger partial charge in [-0.25, -0.2) is 23.2 Å². The number of halogens is 2. The summed E-state index contributed by atoms with van der Waals surface area (Å²) in [4.78, 5) is 24.4. The van der Waals surface area contributed by atoms with Crippen molar-refractivity contribution in [2.45, 2.75) is 44.8 Å². The number of nitrogens with zero attached hydrogens (tertiary/aromatic N) is 4. The number of benzene rings is 1. The molecule has 1 saturated carbocycles. The quantitative estimate of drug-likeness (QED) is 0.511. The van der Waals surface area contributed by atoms with E-state index < -0.39 is 28.8 Å². The van der Waals surface area contributed by atoms with E-state index in [1.165, 1.54) is 18.2 Å². The molecule has 3 aromatic rings. The van der Waals surface area contributed by atoms with Crippen LogP contribution in [0.3, 0.4) is 0 Å². The maximum Gasteiger partial charge on any atom is 0.446 e. The molecule has 1 aliphatic carbocycles. The van der Waals surface area contributed by atoms with Gasteiger partial charge in [-0.2, -0.15) is 0 Å². The molecule has 0 unspecified atom stereocenters. The zero-order chi connectivity index (χ0) is 23.1. The van der Waals surface area contributed by atoms with Crippen molar-refractivity contribution in [1.82, 2.24) is 25.4 Å². The van der Waals surface area contributed by atoms with E-state index in [4.69, 9.17) is 13.9 Å². The number of hydrogen-bond acceptors (Lipinski definition) is 9. The smallest absolute Gasteiger partial charge is 0.444 e. The first-order chi connectivity index (χ1) is 15.1. The normalized spacial score (nSPS) is 14.8. The second kappa shape index (κ2) is 8.04. The fraction of sp³-hybridized carbons (Fsp3) is 0.421. The van der Waals surface area contributed by atoms with Crippen LogP contribution >= 0.6 is 15.9 Å². The zero-order valence-corrected chi connectivity index (χ0v) is 19.0. The van der Waals surface area contributed by atoms with Gasteiger partial charge in [0.05, 0.1) is 15.7 Å². The molecule has 11 nitrogen and oxygen atoms in total. The Labute approximate surface area is 189 Å². The number of anilines is 1. The standard InChI is InChI=1S/C19H20BrFN6O5/c1-18(2,3)30-16(28)23-19(6-7-19)9-22-14-13(24-32-25-14)15-26-31-17(29)27(15)10-4-5-12(21)11(20)8-10/h4-5,8H,6-7,9H2,1-3H3,(H,22,25)(H,23,28). The first kappa shape index (κ1) is 22.0. The molecule has 4 rings (SSSR count). The predicted molar refractivity (Wildman–Crippen MR) is 113 cm³/mol. The monoisotopic (exact) mass is 510 g/mol. The Morgan fingerprint density at radius 2 is 2.06 bits per heavy atom. The highest BCUT2D eigenvalue weighted by Gasteiger charge is 2.45. The zero-order valence-electron chi connectivity index (χ0n) is 17.4. The Morgan fingerprint density at radius 3 is 2.72 bits per heavy atom. The van der Waals surface area contributed by atoms with Gasteiger partial charge in [0.15, 0.2) is 5.69 Å². The number of carbonyl (C=O) groups excluding carboxylic acids is 1. The molecular weight excluding hydrogens is 491 g/mol. The lowest BCUT2D eigenvalue weighted by Gasteiger charge is -2.23. The van der Waals surface area contributed by atoms with Gasteiger partial charge in [0.2, 0.25) is 11.6 Å². The molecule has 13 heteroatoms. The summed E-state index contributed by atoms with van der Waals surface area (Å²) in [5, 5.41) is 17.4. The van der Waals surface area contributed by atoms with Gasteiger partial charge in [0, 0.05) is 6.54 Å². The van der Waals surface area contributed by atoms with E-state index in [0.717, 1.165) is 17.4 Å². The summed E-state index contributed by atoms with van der Waals surface area (Å²) >= 11 is 3.09. The first-order valence-corrected chi connectivity index (χ1v) is 10.5. The van der Waals surface area contributed by atoms with Crippen LogP contribution in [0, 0.1) is 5.82 Å². The van der Waals surface area contributed by atoms with Crippen molar-refractivity contribution >= 4 is 27.8 Å². The number of amides is 1. The number of alkyl carbamates (subject to hydrolysis) is 1. The molecule has 2 heterocycles. The van der Waals surface area contributed by atoms with Gasteiger partial charge < -0.3 is 15.4 Å². The minimum absolute atomic E-state index is 0.0159. The van der Waals surface area contributed by atoms with Crippen molar-refractivity contribution in [3.63, 3.8) is 0 Å². The van der Waals surface area contributed by atoms with Crippen molar-refractivity contribution in [3.05, 3.63) is 39.0 Å². The average molecular weight is 511 g/mol. The first-order valence-electron chi connectivity index (χ1n) is 9.69. The average Bonchev–Trinajstić information content (AvgIpc) is 3.11. The summed E-state index contributed by atoms with van der Waals surface area (Å²) in [7, 11) is 0. The van der Waals surface area contributed by atoms with Gasteiger partial charge in [-0.3, -0.25) is 4.52 Å². The van der Waals surface area contributed by atoms with Crippen molar-refractivity contribution < 1.29 is 23.1 Å². The Balaban J connectivity index is 1.54. The summed E-state index contributed by atoms with van der Waals surface area (Å²) < 4.78 is 29.8. The van der Waals surface area contributed by atoms with Crippen molar-refractivity contribution in [2.75, 3.05) is 11.9 Å². The van der Waals surface area contributed by atoms with Crippen LogP contribution in [-0.4, -0.2) is 43.8 Å². The van der Waals surface area contributed by atoms with E-state index >= 15 is 0 Å². The third-order valence-electron chi connectivity index (χ3n) is 4.68. The number of carbonyl (C=O) groups is 1. The molecule has 1 amide bonds. The van der Waals surface area contributed by atoms with Crippen molar-refractivity contribution in [3.8, 4) is 17.2 Å². The third kappa shape index (κ3) is 4.66. The Morgan fingerprint density at radius 1 is 1.31 bits per heavy atom. The number of ether oxygens (including phenoxy) is 1. The van der Waals surface area contributed by atoms with Crippen LogP contribution in [0.1, 0.15) is 33.6 Å². The molecule has 1 aliphatic rings. The highest BCUT2D eigenvalue weighted by molar-refractivity contribution is 9.10. The topological polar surface area (TPSA) is 137 Å². The molecule has 2 N–H and O–H groups in total. The molecular formula is C19H20BrFN6O5. The van der Waals surface area contributed by atoms with Crippen molar-refractivity contribution in [2.24, 2.45) is 0 Å². The van der Waals surface area contributed by atoms with E-state index in [2.05, 4.69) is 42.0 Å². The van der Waals surface area contributed by atoms with Gasteiger partial charge in [-0.15, -0.1) is 0 Å². The summed E-state index contributed by atoms with van der Waals surface area (Å²) in [5.41, 5.74) is -0.685. The van der Waals surface area contributed by atoms with E-state index in [9.17, 15) is 14.0 Å². The van der Waals surface area contributed by atoms with E-state index in [-0.39, 0.29) is 21.8 Å². The lowest BCUT2D eigenvalue weighted by molar-refractivity contribution is 0.0500. The van der Waals surface area contributed by atoms with Crippen LogP contribution in [0.15, 0.2) is 36.6 Å². The predicted octanol–water partition coefficient (Wildman–Crippen LogP) is 3.25. The fourth-order valence-electron chi connectivity index (χ4n) is 2.97. The second-order valence-corrected chi connectivity index (χ2v) is 9.28. The van der Waals surface area contributed by atoms with Gasteiger partial charge in [0.25, 0.3) is 0 Å². The summed E-state index contributed by atoms with van der Waals surface area (Å²) in [6.07, 6.45) is 0.985. The largest absolute Gasteiger partial charge is 0.446 e. The molecule has 0 radical (unpaired) electrons. The van der Waals surface area contributed by atoms with Crippen LogP contribution in [0.25, 0.3) is 17.2 Å². The number of aromatic nitrogens is 4. The summed E-state index contributed by atoms with van der Waals surface area (Å²) in [6, 6.07) is 4.00. The Hall–Kier alpha value is -3.22. The molecule has 170 valence electrons. The lowest BCUT2D eigenvalue weighted by Crippen LogP contribution is -2.44. The van der Waals surface area contributed by atoms with Gasteiger partial charge >= 0.3 is 11.8 Å². The maximum absolute atomic E-state index is 13.6. The SMILES string of the molecule is CC(C)(C)OC(=O)NC1(CNc2nonc2-c2noc(=O)n2-c2ccc(F)c(Br)c2)CC1. The number of rotatable bonds is 6. The molecule has 1 fully saturated rings. The van der Waals surface area contributed by atoms with Crippen LogP contribution in [0.5, 0.6) is 0 Å².